The molecular weight excluding hydrogens is 282 g/mol. The first-order valence-electron chi connectivity index (χ1n) is 6.72. The van der Waals surface area contributed by atoms with Gasteiger partial charge in [0.15, 0.2) is 11.5 Å². The number of aromatic nitrogens is 4. The van der Waals surface area contributed by atoms with Gasteiger partial charge in [-0.2, -0.15) is 4.68 Å². The minimum Gasteiger partial charge on any atom is -0.504 e. The van der Waals surface area contributed by atoms with E-state index in [4.69, 9.17) is 4.74 Å². The highest BCUT2D eigenvalue weighted by atomic mass is 16.5. The first kappa shape index (κ1) is 13.9. The average Bonchev–Trinajstić information content (AvgIpc) is 3.03. The molecule has 0 aliphatic heterocycles. The maximum atomic E-state index is 10.1. The highest BCUT2D eigenvalue weighted by molar-refractivity contribution is 5.47. The summed E-state index contributed by atoms with van der Waals surface area (Å²) in [7, 11) is 1.52. The number of methoxy groups -OCH3 is 1. The van der Waals surface area contributed by atoms with E-state index in [-0.39, 0.29) is 5.75 Å². The van der Waals surface area contributed by atoms with E-state index >= 15 is 0 Å². The van der Waals surface area contributed by atoms with Gasteiger partial charge in [0.05, 0.1) is 12.8 Å². The molecule has 3 rings (SSSR count). The van der Waals surface area contributed by atoms with Gasteiger partial charge in [0.2, 0.25) is 5.95 Å². The van der Waals surface area contributed by atoms with Crippen molar-refractivity contribution >= 4 is 5.95 Å². The summed E-state index contributed by atoms with van der Waals surface area (Å²) in [5.74, 6) is 1.03. The van der Waals surface area contributed by atoms with Gasteiger partial charge < -0.3 is 15.2 Å². The molecule has 0 bridgehead atoms. The standard InChI is InChI=1S/C15H15N5O2/c1-22-13-9-5-6-11(14(13)21)10-16-15-17-18-19-20(15)12-7-3-2-4-8-12/h2-9,21H,10H2,1H3,(H,16,17,19). The molecule has 1 aromatic heterocycles. The number of benzene rings is 2. The molecule has 1 heterocycles. The van der Waals surface area contributed by atoms with Gasteiger partial charge in [-0.25, -0.2) is 0 Å². The predicted octanol–water partition coefficient (Wildman–Crippen LogP) is 1.99. The summed E-state index contributed by atoms with van der Waals surface area (Å²) in [6.07, 6.45) is 0. The first-order valence-corrected chi connectivity index (χ1v) is 6.72. The number of hydrogen-bond acceptors (Lipinski definition) is 6. The minimum absolute atomic E-state index is 0.108. The summed E-state index contributed by atoms with van der Waals surface area (Å²) in [5.41, 5.74) is 1.55. The summed E-state index contributed by atoms with van der Waals surface area (Å²) in [6.45, 7) is 0.371. The number of phenols is 1. The molecule has 0 atom stereocenters. The average molecular weight is 297 g/mol. The second-order valence-electron chi connectivity index (χ2n) is 4.57. The van der Waals surface area contributed by atoms with Crippen molar-refractivity contribution in [2.24, 2.45) is 0 Å². The monoisotopic (exact) mass is 297 g/mol. The molecule has 2 aromatic carbocycles. The van der Waals surface area contributed by atoms with Crippen LogP contribution in [0.5, 0.6) is 11.5 Å². The second-order valence-corrected chi connectivity index (χ2v) is 4.57. The number of rotatable bonds is 5. The van der Waals surface area contributed by atoms with E-state index in [1.807, 2.05) is 42.5 Å². The van der Waals surface area contributed by atoms with Crippen LogP contribution in [-0.4, -0.2) is 32.4 Å². The number of ether oxygens (including phenoxy) is 1. The fourth-order valence-electron chi connectivity index (χ4n) is 2.09. The molecule has 3 aromatic rings. The van der Waals surface area contributed by atoms with Gasteiger partial charge in [0, 0.05) is 12.1 Å². The van der Waals surface area contributed by atoms with Crippen LogP contribution < -0.4 is 10.1 Å². The predicted molar refractivity (Wildman–Crippen MR) is 81.1 cm³/mol. The quantitative estimate of drug-likeness (QED) is 0.749. The Balaban J connectivity index is 1.80. The Hall–Kier alpha value is -3.09. The van der Waals surface area contributed by atoms with Crippen LogP contribution >= 0.6 is 0 Å². The Kier molecular flexibility index (Phi) is 3.86. The lowest BCUT2D eigenvalue weighted by Gasteiger charge is -2.10. The topological polar surface area (TPSA) is 85.1 Å². The van der Waals surface area contributed by atoms with Crippen LogP contribution in [0.15, 0.2) is 48.5 Å². The Morgan fingerprint density at radius 3 is 2.73 bits per heavy atom. The Morgan fingerprint density at radius 2 is 1.95 bits per heavy atom. The fourth-order valence-corrected chi connectivity index (χ4v) is 2.09. The van der Waals surface area contributed by atoms with Crippen LogP contribution in [0.1, 0.15) is 5.56 Å². The van der Waals surface area contributed by atoms with Gasteiger partial charge in [-0.3, -0.25) is 0 Å². The molecular formula is C15H15N5O2. The Morgan fingerprint density at radius 1 is 1.14 bits per heavy atom. The molecule has 7 heteroatoms. The molecule has 0 unspecified atom stereocenters. The molecule has 2 N–H and O–H groups in total. The summed E-state index contributed by atoms with van der Waals surface area (Å²) in [4.78, 5) is 0. The lowest BCUT2D eigenvalue weighted by molar-refractivity contribution is 0.371. The Bertz CT molecular complexity index is 758. The molecule has 22 heavy (non-hydrogen) atoms. The SMILES string of the molecule is COc1cccc(CNc2nnnn2-c2ccccc2)c1O. The van der Waals surface area contributed by atoms with Gasteiger partial charge in [0.1, 0.15) is 0 Å². The number of nitrogens with zero attached hydrogens (tertiary/aromatic N) is 4. The molecule has 0 amide bonds. The van der Waals surface area contributed by atoms with E-state index in [0.717, 1.165) is 5.69 Å². The van der Waals surface area contributed by atoms with Crippen LogP contribution in [0.4, 0.5) is 5.95 Å². The number of tetrazole rings is 1. The maximum Gasteiger partial charge on any atom is 0.248 e. The number of anilines is 1. The van der Waals surface area contributed by atoms with Gasteiger partial charge in [0.25, 0.3) is 0 Å². The highest BCUT2D eigenvalue weighted by Gasteiger charge is 2.10. The summed E-state index contributed by atoms with van der Waals surface area (Å²) < 4.78 is 6.69. The molecule has 0 saturated heterocycles. The van der Waals surface area contributed by atoms with Crippen molar-refractivity contribution in [3.05, 3.63) is 54.1 Å². The molecule has 0 spiro atoms. The van der Waals surface area contributed by atoms with Crippen molar-refractivity contribution < 1.29 is 9.84 Å². The molecule has 7 nitrogen and oxygen atoms in total. The third-order valence-corrected chi connectivity index (χ3v) is 3.21. The van der Waals surface area contributed by atoms with E-state index in [0.29, 0.717) is 23.8 Å². The van der Waals surface area contributed by atoms with Gasteiger partial charge in [-0.15, -0.1) is 0 Å². The van der Waals surface area contributed by atoms with E-state index in [1.165, 1.54) is 7.11 Å². The van der Waals surface area contributed by atoms with E-state index in [1.54, 1.807) is 10.7 Å². The van der Waals surface area contributed by atoms with Crippen LogP contribution in [0.25, 0.3) is 5.69 Å². The lowest BCUT2D eigenvalue weighted by Crippen LogP contribution is -2.07. The number of aromatic hydroxyl groups is 1. The van der Waals surface area contributed by atoms with Crippen molar-refractivity contribution in [2.45, 2.75) is 6.54 Å². The van der Waals surface area contributed by atoms with Gasteiger partial charge >= 0.3 is 0 Å². The number of phenolic OH excluding ortho intramolecular Hbond substituents is 1. The van der Waals surface area contributed by atoms with E-state index in [2.05, 4.69) is 20.8 Å². The normalized spacial score (nSPS) is 10.4. The van der Waals surface area contributed by atoms with Crippen molar-refractivity contribution in [3.63, 3.8) is 0 Å². The van der Waals surface area contributed by atoms with Gasteiger partial charge in [-0.05, 0) is 28.6 Å². The fraction of sp³-hybridized carbons (Fsp3) is 0.133. The molecule has 0 aliphatic carbocycles. The van der Waals surface area contributed by atoms with Crippen LogP contribution in [-0.2, 0) is 6.54 Å². The van der Waals surface area contributed by atoms with E-state index in [9.17, 15) is 5.11 Å². The van der Waals surface area contributed by atoms with Crippen LogP contribution in [0.2, 0.25) is 0 Å². The zero-order chi connectivity index (χ0) is 15.4. The Labute approximate surface area is 127 Å². The van der Waals surface area contributed by atoms with E-state index < -0.39 is 0 Å². The van der Waals surface area contributed by atoms with Gasteiger partial charge in [-0.1, -0.05) is 35.4 Å². The maximum absolute atomic E-state index is 10.1. The number of nitrogens with one attached hydrogen (secondary N) is 1. The zero-order valence-electron chi connectivity index (χ0n) is 12.0. The van der Waals surface area contributed by atoms with Crippen molar-refractivity contribution in [1.82, 2.24) is 20.2 Å². The third kappa shape index (κ3) is 2.69. The number of para-hydroxylation sites is 2. The van der Waals surface area contributed by atoms with Crippen LogP contribution in [0, 0.1) is 0 Å². The first-order chi connectivity index (χ1) is 10.8. The second kappa shape index (κ2) is 6.13. The minimum atomic E-state index is 0.108. The van der Waals surface area contributed by atoms with Crippen molar-refractivity contribution in [2.75, 3.05) is 12.4 Å². The smallest absolute Gasteiger partial charge is 0.248 e. The summed E-state index contributed by atoms with van der Waals surface area (Å²) >= 11 is 0. The molecule has 0 aliphatic rings. The largest absolute Gasteiger partial charge is 0.504 e. The number of hydrogen-bond donors (Lipinski definition) is 2. The van der Waals surface area contributed by atoms with Crippen LogP contribution in [0.3, 0.4) is 0 Å². The van der Waals surface area contributed by atoms with Crippen molar-refractivity contribution in [3.8, 4) is 17.2 Å². The highest BCUT2D eigenvalue weighted by Crippen LogP contribution is 2.29. The molecule has 0 radical (unpaired) electrons. The zero-order valence-corrected chi connectivity index (χ0v) is 12.0. The summed E-state index contributed by atoms with van der Waals surface area (Å²) in [6, 6.07) is 14.9. The third-order valence-electron chi connectivity index (χ3n) is 3.21. The summed E-state index contributed by atoms with van der Waals surface area (Å²) in [5, 5.41) is 24.8. The lowest BCUT2D eigenvalue weighted by atomic mass is 10.2. The molecule has 0 saturated carbocycles. The van der Waals surface area contributed by atoms with Crippen molar-refractivity contribution in [1.29, 1.82) is 0 Å². The molecule has 0 fully saturated rings. The molecule has 112 valence electrons.